The molecule has 0 fully saturated rings. The van der Waals surface area contributed by atoms with E-state index in [4.69, 9.17) is 9.88 Å². The van der Waals surface area contributed by atoms with E-state index in [1.54, 1.807) is 24.9 Å². The molecule has 7 nitrogen and oxygen atoms in total. The fraction of sp³-hybridized carbons (Fsp3) is 0.278. The van der Waals surface area contributed by atoms with Crippen molar-refractivity contribution >= 4 is 21.6 Å². The number of anilines is 1. The Bertz CT molecular complexity index is 917. The first-order valence-corrected chi connectivity index (χ1v) is 9.63. The molecule has 0 aliphatic carbocycles. The van der Waals surface area contributed by atoms with Crippen molar-refractivity contribution in [3.8, 4) is 5.75 Å². The number of nitrogens with two attached hydrogens (primary N) is 1. The number of hydrogen-bond donors (Lipinski definition) is 2. The summed E-state index contributed by atoms with van der Waals surface area (Å²) < 4.78 is 41.2. The Morgan fingerprint density at radius 2 is 1.89 bits per heavy atom. The van der Waals surface area contributed by atoms with Gasteiger partial charge in [0.1, 0.15) is 0 Å². The van der Waals surface area contributed by atoms with Crippen molar-refractivity contribution in [1.29, 1.82) is 0 Å². The molecule has 0 spiro atoms. The number of nitrogens with zero attached hydrogens (tertiary/aromatic N) is 1. The van der Waals surface area contributed by atoms with E-state index >= 15 is 0 Å². The fourth-order valence-corrected chi connectivity index (χ4v) is 2.92. The Morgan fingerprint density at radius 1 is 1.26 bits per heavy atom. The minimum absolute atomic E-state index is 0.0350. The van der Waals surface area contributed by atoms with Crippen LogP contribution in [-0.4, -0.2) is 39.4 Å². The van der Waals surface area contributed by atoms with E-state index in [2.05, 4.69) is 5.32 Å². The molecule has 0 saturated heterocycles. The zero-order chi connectivity index (χ0) is 20.2. The minimum Gasteiger partial charge on any atom is -0.494 e. The predicted octanol–water partition coefficient (Wildman–Crippen LogP) is 1.94. The van der Waals surface area contributed by atoms with Crippen LogP contribution in [0.3, 0.4) is 0 Å². The summed E-state index contributed by atoms with van der Waals surface area (Å²) in [5.74, 6) is -0.583. The standard InChI is InChI=1S/C18H22FN3O4S/c1-12(22(2)11-13-4-9-17(26-3)16(19)10-13)18(23)21-14-5-7-15(8-6-14)27(20,24)25/h4-10,12H,11H2,1-3H3,(H,21,23)(H2,20,24,25)/t12-/m0/s1. The van der Waals surface area contributed by atoms with E-state index in [-0.39, 0.29) is 16.6 Å². The summed E-state index contributed by atoms with van der Waals surface area (Å²) in [6, 6.07) is 9.69. The van der Waals surface area contributed by atoms with E-state index in [0.29, 0.717) is 17.8 Å². The second kappa shape index (κ2) is 8.47. The number of likely N-dealkylation sites (N-methyl/N-ethyl adjacent to an activating group) is 1. The highest BCUT2D eigenvalue weighted by Crippen LogP contribution is 2.19. The Balaban J connectivity index is 2.00. The van der Waals surface area contributed by atoms with Crippen LogP contribution in [0.2, 0.25) is 0 Å². The van der Waals surface area contributed by atoms with Crippen LogP contribution in [0.5, 0.6) is 5.75 Å². The van der Waals surface area contributed by atoms with Gasteiger partial charge in [-0.25, -0.2) is 17.9 Å². The van der Waals surface area contributed by atoms with Crippen molar-refractivity contribution in [3.63, 3.8) is 0 Å². The van der Waals surface area contributed by atoms with E-state index in [1.807, 2.05) is 0 Å². The van der Waals surface area contributed by atoms with Crippen LogP contribution in [-0.2, 0) is 21.4 Å². The molecule has 146 valence electrons. The molecule has 1 atom stereocenters. The number of carbonyl (C=O) groups is 1. The highest BCUT2D eigenvalue weighted by atomic mass is 32.2. The molecule has 3 N–H and O–H groups in total. The van der Waals surface area contributed by atoms with Gasteiger partial charge in [-0.2, -0.15) is 0 Å². The molecule has 0 aliphatic rings. The fourth-order valence-electron chi connectivity index (χ4n) is 2.41. The van der Waals surface area contributed by atoms with Crippen LogP contribution in [0, 0.1) is 5.82 Å². The van der Waals surface area contributed by atoms with Gasteiger partial charge in [-0.15, -0.1) is 0 Å². The highest BCUT2D eigenvalue weighted by molar-refractivity contribution is 7.89. The summed E-state index contributed by atoms with van der Waals surface area (Å²) in [4.78, 5) is 14.1. The van der Waals surface area contributed by atoms with Crippen LogP contribution >= 0.6 is 0 Å². The predicted molar refractivity (Wildman–Crippen MR) is 100 cm³/mol. The van der Waals surface area contributed by atoms with Crippen LogP contribution < -0.4 is 15.2 Å². The molecule has 0 heterocycles. The number of sulfonamides is 1. The first-order chi connectivity index (χ1) is 12.6. The van der Waals surface area contributed by atoms with Gasteiger partial charge in [0.05, 0.1) is 18.0 Å². The molecular weight excluding hydrogens is 373 g/mol. The number of amides is 1. The zero-order valence-corrected chi connectivity index (χ0v) is 16.1. The first kappa shape index (κ1) is 20.8. The zero-order valence-electron chi connectivity index (χ0n) is 15.3. The summed E-state index contributed by atoms with van der Waals surface area (Å²) in [5, 5.41) is 7.75. The molecule has 0 bridgehead atoms. The van der Waals surface area contributed by atoms with E-state index < -0.39 is 21.9 Å². The number of carbonyl (C=O) groups excluding carboxylic acids is 1. The number of methoxy groups -OCH3 is 1. The smallest absolute Gasteiger partial charge is 0.241 e. The number of ether oxygens (including phenoxy) is 1. The molecule has 0 aliphatic heterocycles. The molecule has 0 radical (unpaired) electrons. The van der Waals surface area contributed by atoms with Gasteiger partial charge in [-0.1, -0.05) is 6.07 Å². The molecule has 1 amide bonds. The molecule has 9 heteroatoms. The summed E-state index contributed by atoms with van der Waals surface area (Å²) in [7, 11) is -0.640. The molecule has 27 heavy (non-hydrogen) atoms. The summed E-state index contributed by atoms with van der Waals surface area (Å²) in [5.41, 5.74) is 1.15. The van der Waals surface area contributed by atoms with E-state index in [1.165, 1.54) is 43.5 Å². The number of nitrogens with one attached hydrogen (secondary N) is 1. The van der Waals surface area contributed by atoms with Gasteiger partial charge in [-0.3, -0.25) is 9.69 Å². The first-order valence-electron chi connectivity index (χ1n) is 8.08. The van der Waals surface area contributed by atoms with Gasteiger partial charge < -0.3 is 10.1 Å². The number of benzene rings is 2. The number of halogens is 1. The second-order valence-corrected chi connectivity index (χ2v) is 7.68. The Kier molecular flexibility index (Phi) is 6.53. The lowest BCUT2D eigenvalue weighted by Gasteiger charge is -2.24. The van der Waals surface area contributed by atoms with Gasteiger partial charge in [0.2, 0.25) is 15.9 Å². The average molecular weight is 395 g/mol. The Labute approximate surface area is 158 Å². The largest absolute Gasteiger partial charge is 0.494 e. The lowest BCUT2D eigenvalue weighted by Crippen LogP contribution is -2.39. The third-order valence-electron chi connectivity index (χ3n) is 4.14. The van der Waals surface area contributed by atoms with Gasteiger partial charge in [-0.05, 0) is 55.9 Å². The monoisotopic (exact) mass is 395 g/mol. The second-order valence-electron chi connectivity index (χ2n) is 6.12. The van der Waals surface area contributed by atoms with Crippen molar-refractivity contribution in [2.75, 3.05) is 19.5 Å². The van der Waals surface area contributed by atoms with E-state index in [9.17, 15) is 17.6 Å². The molecular formula is C18H22FN3O4S. The minimum atomic E-state index is -3.78. The lowest BCUT2D eigenvalue weighted by atomic mass is 10.1. The topological polar surface area (TPSA) is 102 Å². The molecule has 0 saturated carbocycles. The molecule has 2 aromatic carbocycles. The number of hydrogen-bond acceptors (Lipinski definition) is 5. The quantitative estimate of drug-likeness (QED) is 0.746. The van der Waals surface area contributed by atoms with Gasteiger partial charge in [0.25, 0.3) is 0 Å². The molecule has 2 rings (SSSR count). The van der Waals surface area contributed by atoms with Crippen molar-refractivity contribution in [1.82, 2.24) is 4.90 Å². The van der Waals surface area contributed by atoms with Crippen LogP contribution in [0.15, 0.2) is 47.4 Å². The maximum atomic E-state index is 13.8. The average Bonchev–Trinajstić information content (AvgIpc) is 2.60. The molecule has 2 aromatic rings. The van der Waals surface area contributed by atoms with Gasteiger partial charge >= 0.3 is 0 Å². The number of primary sulfonamides is 1. The van der Waals surface area contributed by atoms with Crippen molar-refractivity contribution in [2.24, 2.45) is 5.14 Å². The maximum absolute atomic E-state index is 13.8. The third-order valence-corrected chi connectivity index (χ3v) is 5.07. The summed E-state index contributed by atoms with van der Waals surface area (Å²) in [6.45, 7) is 2.08. The summed E-state index contributed by atoms with van der Waals surface area (Å²) >= 11 is 0. The van der Waals surface area contributed by atoms with Crippen LogP contribution in [0.1, 0.15) is 12.5 Å². The van der Waals surface area contributed by atoms with Crippen molar-refractivity contribution in [2.45, 2.75) is 24.4 Å². The normalized spacial score (nSPS) is 12.7. The molecule has 0 aromatic heterocycles. The Hall–Kier alpha value is -2.49. The molecule has 0 unspecified atom stereocenters. The number of rotatable bonds is 7. The van der Waals surface area contributed by atoms with Crippen LogP contribution in [0.25, 0.3) is 0 Å². The Morgan fingerprint density at radius 3 is 2.41 bits per heavy atom. The maximum Gasteiger partial charge on any atom is 0.241 e. The summed E-state index contributed by atoms with van der Waals surface area (Å²) in [6.07, 6.45) is 0. The van der Waals surface area contributed by atoms with Crippen molar-refractivity contribution in [3.05, 3.63) is 53.8 Å². The van der Waals surface area contributed by atoms with Crippen molar-refractivity contribution < 1.29 is 22.3 Å². The van der Waals surface area contributed by atoms with Crippen LogP contribution in [0.4, 0.5) is 10.1 Å². The van der Waals surface area contributed by atoms with E-state index in [0.717, 1.165) is 0 Å². The highest BCUT2D eigenvalue weighted by Gasteiger charge is 2.19. The third kappa shape index (κ3) is 5.49. The van der Waals surface area contributed by atoms with Gasteiger partial charge in [0.15, 0.2) is 11.6 Å². The lowest BCUT2D eigenvalue weighted by molar-refractivity contribution is -0.120. The van der Waals surface area contributed by atoms with Gasteiger partial charge in [0, 0.05) is 12.2 Å². The SMILES string of the molecule is COc1ccc(CN(C)[C@@H](C)C(=O)Nc2ccc(S(N)(=O)=O)cc2)cc1F.